The highest BCUT2D eigenvalue weighted by atomic mass is 16.7. The first-order chi connectivity index (χ1) is 10.9. The first kappa shape index (κ1) is 18.4. The molecule has 5 amide bonds. The van der Waals surface area contributed by atoms with Crippen molar-refractivity contribution in [1.29, 1.82) is 0 Å². The van der Waals surface area contributed by atoms with Crippen LogP contribution in [-0.4, -0.2) is 54.4 Å². The molecule has 0 radical (unpaired) electrons. The number of hydrogen-bond acceptors (Lipinski definition) is 6. The largest absolute Gasteiger partial charge is 0.354 e. The summed E-state index contributed by atoms with van der Waals surface area (Å²) >= 11 is 0. The molecule has 128 valence electrons. The molecule has 0 aliphatic carbocycles. The highest BCUT2D eigenvalue weighted by Gasteiger charge is 2.32. The predicted molar refractivity (Wildman–Crippen MR) is 76.5 cm³/mol. The van der Waals surface area contributed by atoms with Crippen molar-refractivity contribution in [3.8, 4) is 0 Å². The van der Waals surface area contributed by atoms with Gasteiger partial charge in [-0.15, -0.1) is 5.06 Å². The predicted octanol–water partition coefficient (Wildman–Crippen LogP) is -1.19. The number of imide groups is 1. The molecule has 0 aromatic rings. The van der Waals surface area contributed by atoms with Crippen LogP contribution in [0.2, 0.25) is 0 Å². The van der Waals surface area contributed by atoms with E-state index >= 15 is 0 Å². The van der Waals surface area contributed by atoms with Crippen molar-refractivity contribution in [2.45, 2.75) is 32.6 Å². The van der Waals surface area contributed by atoms with Gasteiger partial charge < -0.3 is 20.8 Å². The van der Waals surface area contributed by atoms with Gasteiger partial charge in [0.1, 0.15) is 0 Å². The van der Waals surface area contributed by atoms with Crippen LogP contribution in [0.5, 0.6) is 0 Å². The second kappa shape index (κ2) is 9.38. The van der Waals surface area contributed by atoms with Gasteiger partial charge >= 0.3 is 12.0 Å². The van der Waals surface area contributed by atoms with Gasteiger partial charge in [0, 0.05) is 38.9 Å². The molecule has 1 aliphatic rings. The Balaban J connectivity index is 2.10. The van der Waals surface area contributed by atoms with Gasteiger partial charge in [-0.2, -0.15) is 0 Å². The highest BCUT2D eigenvalue weighted by Crippen LogP contribution is 2.12. The van der Waals surface area contributed by atoms with Crippen molar-refractivity contribution < 1.29 is 28.8 Å². The highest BCUT2D eigenvalue weighted by molar-refractivity contribution is 6.01. The average Bonchev–Trinajstić information content (AvgIpc) is 2.83. The molecule has 10 nitrogen and oxygen atoms in total. The van der Waals surface area contributed by atoms with E-state index in [-0.39, 0.29) is 38.3 Å². The molecule has 0 bridgehead atoms. The van der Waals surface area contributed by atoms with E-state index in [4.69, 9.17) is 0 Å². The average molecular weight is 328 g/mol. The molecule has 10 heteroatoms. The van der Waals surface area contributed by atoms with E-state index in [1.165, 1.54) is 0 Å². The molecule has 1 heterocycles. The molecular formula is C13H20N4O6. The Morgan fingerprint density at radius 3 is 2.17 bits per heavy atom. The van der Waals surface area contributed by atoms with Crippen molar-refractivity contribution in [1.82, 2.24) is 21.0 Å². The Hall–Kier alpha value is -2.65. The van der Waals surface area contributed by atoms with Crippen LogP contribution in [-0.2, 0) is 24.0 Å². The third-order valence-electron chi connectivity index (χ3n) is 2.87. The number of carbonyl (C=O) groups is 5. The lowest BCUT2D eigenvalue weighted by atomic mass is 10.4. The molecule has 0 atom stereocenters. The normalized spacial score (nSPS) is 13.7. The lowest BCUT2D eigenvalue weighted by Crippen LogP contribution is -2.41. The van der Waals surface area contributed by atoms with Gasteiger partial charge in [0.2, 0.25) is 5.91 Å². The summed E-state index contributed by atoms with van der Waals surface area (Å²) in [6, 6.07) is -0.503. The summed E-state index contributed by atoms with van der Waals surface area (Å²) in [5, 5.41) is 7.94. The molecule has 1 fully saturated rings. The number of urea groups is 1. The van der Waals surface area contributed by atoms with E-state index in [2.05, 4.69) is 20.8 Å². The first-order valence-corrected chi connectivity index (χ1v) is 7.29. The van der Waals surface area contributed by atoms with Crippen molar-refractivity contribution in [2.24, 2.45) is 0 Å². The zero-order valence-electron chi connectivity index (χ0n) is 12.8. The molecule has 0 aromatic carbocycles. The van der Waals surface area contributed by atoms with E-state index < -0.39 is 23.8 Å². The number of nitrogens with zero attached hydrogens (tertiary/aromatic N) is 1. The lowest BCUT2D eigenvalue weighted by Gasteiger charge is -2.12. The Labute approximate surface area is 132 Å². The SMILES string of the molecule is CCC(=O)NCCNC(=O)NCCC(=O)ON1C(=O)CCC1=O. The Morgan fingerprint density at radius 2 is 1.57 bits per heavy atom. The summed E-state index contributed by atoms with van der Waals surface area (Å²) in [5.74, 6) is -2.00. The van der Waals surface area contributed by atoms with E-state index in [9.17, 15) is 24.0 Å². The van der Waals surface area contributed by atoms with Gasteiger partial charge in [-0.1, -0.05) is 6.92 Å². The van der Waals surface area contributed by atoms with Crippen molar-refractivity contribution in [3.63, 3.8) is 0 Å². The molecular weight excluding hydrogens is 308 g/mol. The van der Waals surface area contributed by atoms with E-state index in [0.717, 1.165) is 0 Å². The van der Waals surface area contributed by atoms with Crippen LogP contribution in [0.3, 0.4) is 0 Å². The summed E-state index contributed by atoms with van der Waals surface area (Å²) in [7, 11) is 0. The number of amides is 5. The molecule has 0 unspecified atom stereocenters. The quantitative estimate of drug-likeness (QED) is 0.379. The minimum absolute atomic E-state index is 0.0117. The van der Waals surface area contributed by atoms with Gasteiger partial charge in [-0.25, -0.2) is 9.59 Å². The molecule has 1 saturated heterocycles. The number of hydrogen-bond donors (Lipinski definition) is 3. The van der Waals surface area contributed by atoms with Crippen LogP contribution < -0.4 is 16.0 Å². The van der Waals surface area contributed by atoms with Gasteiger partial charge in [-0.05, 0) is 0 Å². The van der Waals surface area contributed by atoms with Crippen molar-refractivity contribution >= 4 is 29.7 Å². The fourth-order valence-corrected chi connectivity index (χ4v) is 1.65. The maximum atomic E-state index is 11.5. The number of hydroxylamine groups is 2. The Bertz CT molecular complexity index is 477. The van der Waals surface area contributed by atoms with Gasteiger partial charge in [-0.3, -0.25) is 14.4 Å². The molecule has 0 spiro atoms. The van der Waals surface area contributed by atoms with Crippen LogP contribution in [0.1, 0.15) is 32.6 Å². The Kier molecular flexibility index (Phi) is 7.51. The maximum Gasteiger partial charge on any atom is 0.334 e. The molecule has 23 heavy (non-hydrogen) atoms. The van der Waals surface area contributed by atoms with Crippen LogP contribution in [0.15, 0.2) is 0 Å². The van der Waals surface area contributed by atoms with Crippen LogP contribution >= 0.6 is 0 Å². The molecule has 0 saturated carbocycles. The Morgan fingerprint density at radius 1 is 1.00 bits per heavy atom. The zero-order valence-corrected chi connectivity index (χ0v) is 12.8. The summed E-state index contributed by atoms with van der Waals surface area (Å²) in [4.78, 5) is 60.9. The summed E-state index contributed by atoms with van der Waals surface area (Å²) in [6.07, 6.45) is 0.246. The second-order valence-corrected chi connectivity index (χ2v) is 4.68. The smallest absolute Gasteiger partial charge is 0.334 e. The van der Waals surface area contributed by atoms with Crippen LogP contribution in [0.4, 0.5) is 4.79 Å². The van der Waals surface area contributed by atoms with E-state index in [0.29, 0.717) is 18.0 Å². The van der Waals surface area contributed by atoms with Gasteiger partial charge in [0.25, 0.3) is 11.8 Å². The molecule has 1 rings (SSSR count). The summed E-state index contributed by atoms with van der Waals surface area (Å²) in [5.41, 5.74) is 0. The van der Waals surface area contributed by atoms with Crippen molar-refractivity contribution in [3.05, 3.63) is 0 Å². The molecule has 3 N–H and O–H groups in total. The van der Waals surface area contributed by atoms with E-state index in [1.807, 2.05) is 0 Å². The monoisotopic (exact) mass is 328 g/mol. The zero-order chi connectivity index (χ0) is 17.2. The third-order valence-corrected chi connectivity index (χ3v) is 2.87. The van der Waals surface area contributed by atoms with E-state index in [1.54, 1.807) is 6.92 Å². The number of rotatable bonds is 8. The van der Waals surface area contributed by atoms with Crippen LogP contribution in [0.25, 0.3) is 0 Å². The maximum absolute atomic E-state index is 11.5. The number of carbonyl (C=O) groups excluding carboxylic acids is 5. The minimum Gasteiger partial charge on any atom is -0.354 e. The molecule has 0 aromatic heterocycles. The second-order valence-electron chi connectivity index (χ2n) is 4.68. The lowest BCUT2D eigenvalue weighted by molar-refractivity contribution is -0.197. The topological polar surface area (TPSA) is 134 Å². The summed E-state index contributed by atoms with van der Waals surface area (Å²) in [6.45, 7) is 2.26. The third kappa shape index (κ3) is 6.76. The fourth-order valence-electron chi connectivity index (χ4n) is 1.65. The number of nitrogens with one attached hydrogen (secondary N) is 3. The minimum atomic E-state index is -0.788. The first-order valence-electron chi connectivity index (χ1n) is 7.29. The molecule has 1 aliphatic heterocycles. The van der Waals surface area contributed by atoms with Gasteiger partial charge in [0.05, 0.1) is 6.42 Å². The summed E-state index contributed by atoms with van der Waals surface area (Å²) < 4.78 is 0. The van der Waals surface area contributed by atoms with Gasteiger partial charge in [0.15, 0.2) is 0 Å². The standard InChI is InChI=1S/C13H20N4O6/c1-2-9(18)14-7-8-16-13(22)15-6-5-12(21)23-17-10(19)3-4-11(17)20/h2-8H2,1H3,(H,14,18)(H2,15,16,22). The van der Waals surface area contributed by atoms with Crippen LogP contribution in [0, 0.1) is 0 Å². The van der Waals surface area contributed by atoms with Crippen molar-refractivity contribution in [2.75, 3.05) is 19.6 Å². The fraction of sp³-hybridized carbons (Fsp3) is 0.615.